The van der Waals surface area contributed by atoms with Crippen LogP contribution in [0.2, 0.25) is 0 Å². The second-order valence-corrected chi connectivity index (χ2v) is 19.3. The van der Waals surface area contributed by atoms with E-state index in [2.05, 4.69) is 63.5 Å². The van der Waals surface area contributed by atoms with E-state index in [0.717, 1.165) is 10.9 Å². The highest BCUT2D eigenvalue weighted by atomic mass is 16.3. The summed E-state index contributed by atoms with van der Waals surface area (Å²) in [5.74, 6) is -7.10. The van der Waals surface area contributed by atoms with E-state index in [1.807, 2.05) is 24.3 Å². The Balaban J connectivity index is 1.78. The summed E-state index contributed by atoms with van der Waals surface area (Å²) in [6.07, 6.45) is 1.01. The predicted molar refractivity (Wildman–Crippen MR) is 295 cm³/mol. The van der Waals surface area contributed by atoms with Gasteiger partial charge in [0.15, 0.2) is 17.9 Å². The molecule has 0 bridgehead atoms. The number of nitrogens with two attached hydrogens (primary N) is 4. The highest BCUT2D eigenvalue weighted by molar-refractivity contribution is 5.96. The summed E-state index contributed by atoms with van der Waals surface area (Å²) >= 11 is 0. The Morgan fingerprint density at radius 3 is 1.96 bits per heavy atom. The molecule has 2 aromatic carbocycles. The van der Waals surface area contributed by atoms with Crippen molar-refractivity contribution < 1.29 is 43.5 Å². The molecule has 1 aliphatic heterocycles. The van der Waals surface area contributed by atoms with Gasteiger partial charge in [0.1, 0.15) is 36.4 Å². The van der Waals surface area contributed by atoms with E-state index < -0.39 is 102 Å². The van der Waals surface area contributed by atoms with Gasteiger partial charge in [-0.1, -0.05) is 61.4 Å². The number of primary amides is 1. The summed E-state index contributed by atoms with van der Waals surface area (Å²) in [6, 6.07) is 6.77. The molecule has 432 valence electrons. The number of H-pyrrole nitrogens is 1. The standard InChI is InChI=1S/C51H79N19O9/c1-29(71)64-35(18-10-22-60-49(53)54)43(74)70-40-27-41(72)59-21-9-3-6-17-34(42(52)73)65-47(78)39(26-31-28-63-33-16-8-7-15-32(31)33)69-45(76)37(20-12-24-62-51(57)58)66-46(77)38(25-30-13-4-2-5-14-30)68-44(75)36(67-48(40)79)19-11-23-61-50(55)56/h2,4-5,7-8,13-16,28,34-40,44,63,68,75H,3,6,9-12,17-27H2,1H3,(H2,52,73)(H,59,72)(H,64,71)(H,65,78)(H,66,77)(H,67,79)(H,69,76)(H,70,74)(H4,53,54,60)(H4,55,56,61)(H4,57,58,62)/t34-,35-,36+,37-,38+,39-,40-,44?/m0/s1. The first-order valence-corrected chi connectivity index (χ1v) is 26.3. The summed E-state index contributed by atoms with van der Waals surface area (Å²) in [5, 5.41) is 65.4. The van der Waals surface area contributed by atoms with Gasteiger partial charge in [-0.25, -0.2) is 0 Å². The molecule has 0 saturated carbocycles. The summed E-state index contributed by atoms with van der Waals surface area (Å²) in [4.78, 5) is 114. The zero-order chi connectivity index (χ0) is 57.9. The minimum absolute atomic E-state index is 0.0327. The van der Waals surface area contributed by atoms with Crippen molar-refractivity contribution in [1.82, 2.24) is 63.5 Å². The molecule has 28 nitrogen and oxygen atoms in total. The summed E-state index contributed by atoms with van der Waals surface area (Å²) in [6.45, 7) is 1.70. The van der Waals surface area contributed by atoms with E-state index in [4.69, 9.17) is 39.2 Å². The van der Waals surface area contributed by atoms with E-state index in [1.165, 1.54) is 6.92 Å². The molecular weight excluding hydrogens is 1020 g/mol. The van der Waals surface area contributed by atoms with Gasteiger partial charge >= 0.3 is 0 Å². The topological polar surface area (TPSA) is 481 Å². The number of para-hydroxylation sites is 1. The Morgan fingerprint density at radius 1 is 0.696 bits per heavy atom. The van der Waals surface area contributed by atoms with E-state index >= 15 is 0 Å². The third-order valence-electron chi connectivity index (χ3n) is 12.9. The fourth-order valence-corrected chi connectivity index (χ4v) is 8.83. The third kappa shape index (κ3) is 22.9. The van der Waals surface area contributed by atoms with E-state index in [9.17, 15) is 43.5 Å². The van der Waals surface area contributed by atoms with Gasteiger partial charge in [0.2, 0.25) is 47.3 Å². The van der Waals surface area contributed by atoms with Gasteiger partial charge in [-0.15, -0.1) is 0 Å². The summed E-state index contributed by atoms with van der Waals surface area (Å²) in [7, 11) is 0. The Hall–Kier alpha value is -8.53. The Morgan fingerprint density at radius 2 is 1.30 bits per heavy atom. The fraction of sp³-hybridized carbons (Fsp3) is 0.510. The number of amides is 8. The molecule has 1 aromatic heterocycles. The summed E-state index contributed by atoms with van der Waals surface area (Å²) < 4.78 is 0. The van der Waals surface area contributed by atoms with Crippen LogP contribution in [0.4, 0.5) is 0 Å². The normalized spacial score (nSPS) is 21.7. The van der Waals surface area contributed by atoms with Crippen molar-refractivity contribution in [3.05, 3.63) is 71.9 Å². The zero-order valence-electron chi connectivity index (χ0n) is 44.4. The molecule has 4 rings (SSSR count). The molecule has 2 heterocycles. The van der Waals surface area contributed by atoms with E-state index in [0.29, 0.717) is 30.4 Å². The Kier molecular flexibility index (Phi) is 26.3. The zero-order valence-corrected chi connectivity index (χ0v) is 44.4. The number of benzene rings is 2. The van der Waals surface area contributed by atoms with Crippen LogP contribution in [0.25, 0.3) is 10.9 Å². The number of hydrogen-bond donors (Lipinski definition) is 20. The van der Waals surface area contributed by atoms with Gasteiger partial charge in [0.25, 0.3) is 0 Å². The fourth-order valence-electron chi connectivity index (χ4n) is 8.83. The van der Waals surface area contributed by atoms with Crippen molar-refractivity contribution in [3.8, 4) is 0 Å². The van der Waals surface area contributed by atoms with E-state index in [1.54, 1.807) is 36.5 Å². The number of hydrogen-bond acceptors (Lipinski definition) is 13. The molecule has 1 saturated heterocycles. The first kappa shape index (κ1) is 63.0. The Labute approximate surface area is 457 Å². The molecule has 1 aliphatic rings. The highest BCUT2D eigenvalue weighted by Gasteiger charge is 2.35. The number of rotatable bonds is 20. The third-order valence-corrected chi connectivity index (χ3v) is 12.9. The lowest BCUT2D eigenvalue weighted by Gasteiger charge is -2.31. The number of aliphatic hydroxyl groups is 1. The quantitative estimate of drug-likeness (QED) is 0.0297. The largest absolute Gasteiger partial charge is 0.376 e. The SMILES string of the molecule is CC(=O)N[C@@H](CCCNC(=N)N)C(=O)N[C@H]1CC(=O)NCCCCC[C@@H](C(N)=O)NC(=O)[C@H](Cc2c[nH]c3ccccc23)NC(=O)[C@H](CCCNC(=N)N)NC(=O)[C@@H](Cc2ccccc2)NC(O)[C@@H](CCCNC(=N)N)NC1=O. The number of aromatic nitrogens is 1. The van der Waals surface area contributed by atoms with Crippen LogP contribution >= 0.6 is 0 Å². The van der Waals surface area contributed by atoms with Gasteiger partial charge in [-0.3, -0.25) is 59.9 Å². The van der Waals surface area contributed by atoms with Gasteiger partial charge in [-0.05, 0) is 75.0 Å². The van der Waals surface area contributed by atoms with Gasteiger partial charge in [-0.2, -0.15) is 0 Å². The predicted octanol–water partition coefficient (Wildman–Crippen LogP) is -3.49. The van der Waals surface area contributed by atoms with Crippen LogP contribution in [0.1, 0.15) is 88.7 Å². The minimum atomic E-state index is -1.76. The van der Waals surface area contributed by atoms with Crippen LogP contribution in [-0.4, -0.2) is 150 Å². The van der Waals surface area contributed by atoms with Gasteiger partial charge in [0.05, 0.1) is 18.5 Å². The lowest BCUT2D eigenvalue weighted by atomic mass is 10.0. The van der Waals surface area contributed by atoms with Crippen LogP contribution in [0.3, 0.4) is 0 Å². The molecule has 1 unspecified atom stereocenters. The first-order chi connectivity index (χ1) is 37.7. The molecule has 8 atom stereocenters. The van der Waals surface area contributed by atoms with Crippen molar-refractivity contribution in [2.45, 2.75) is 139 Å². The molecule has 28 heteroatoms. The number of nitrogens with one attached hydrogen (secondary N) is 15. The average molecular weight is 1100 g/mol. The van der Waals surface area contributed by atoms with Crippen LogP contribution in [0.5, 0.6) is 0 Å². The van der Waals surface area contributed by atoms with Gasteiger partial charge < -0.3 is 86.2 Å². The maximum absolute atomic E-state index is 14.8. The van der Waals surface area contributed by atoms with Crippen LogP contribution in [0, 0.1) is 16.2 Å². The van der Waals surface area contributed by atoms with Crippen LogP contribution in [-0.2, 0) is 51.2 Å². The minimum Gasteiger partial charge on any atom is -0.376 e. The van der Waals surface area contributed by atoms with Crippen molar-refractivity contribution in [2.75, 3.05) is 26.2 Å². The average Bonchev–Trinajstić information content (AvgIpc) is 3.86. The van der Waals surface area contributed by atoms with Crippen LogP contribution in [0.15, 0.2) is 60.8 Å². The Bertz CT molecular complexity index is 2560. The highest BCUT2D eigenvalue weighted by Crippen LogP contribution is 2.20. The summed E-state index contributed by atoms with van der Waals surface area (Å²) in [5.41, 5.74) is 24.3. The van der Waals surface area contributed by atoms with Gasteiger partial charge in [0, 0.05) is 56.6 Å². The maximum Gasteiger partial charge on any atom is 0.243 e. The number of guanidine groups is 3. The smallest absolute Gasteiger partial charge is 0.243 e. The number of aromatic amines is 1. The number of aliphatic hydroxyl groups excluding tert-OH is 1. The molecule has 79 heavy (non-hydrogen) atoms. The molecular formula is C51H79N19O9. The molecule has 24 N–H and O–H groups in total. The van der Waals surface area contributed by atoms with Crippen molar-refractivity contribution in [1.29, 1.82) is 16.2 Å². The molecule has 3 aromatic rings. The van der Waals surface area contributed by atoms with Crippen molar-refractivity contribution in [2.24, 2.45) is 22.9 Å². The number of fused-ring (bicyclic) bond motifs is 1. The first-order valence-electron chi connectivity index (χ1n) is 26.3. The van der Waals surface area contributed by atoms with Crippen molar-refractivity contribution >= 4 is 76.0 Å². The van der Waals surface area contributed by atoms with Crippen LogP contribution < -0.4 is 81.4 Å². The second kappa shape index (κ2) is 32.9. The molecule has 0 radical (unpaired) electrons. The second-order valence-electron chi connectivity index (χ2n) is 19.3. The molecule has 1 fully saturated rings. The molecule has 0 spiro atoms. The van der Waals surface area contributed by atoms with Crippen molar-refractivity contribution in [3.63, 3.8) is 0 Å². The monoisotopic (exact) mass is 1100 g/mol. The number of carbonyl (C=O) groups excluding carboxylic acids is 8. The lowest BCUT2D eigenvalue weighted by Crippen LogP contribution is -2.62. The lowest BCUT2D eigenvalue weighted by molar-refractivity contribution is -0.135. The molecule has 8 amide bonds. The number of carbonyl (C=O) groups is 8. The molecule has 0 aliphatic carbocycles. The van der Waals surface area contributed by atoms with E-state index in [-0.39, 0.29) is 102 Å². The maximum atomic E-state index is 14.8.